The van der Waals surface area contributed by atoms with E-state index < -0.39 is 5.76 Å². The number of thioether (sulfide) groups is 1. The molecule has 1 aliphatic carbocycles. The van der Waals surface area contributed by atoms with Gasteiger partial charge in [0.2, 0.25) is 0 Å². The lowest BCUT2D eigenvalue weighted by Crippen LogP contribution is -2.26. The van der Waals surface area contributed by atoms with Crippen molar-refractivity contribution in [3.8, 4) is 0 Å². The summed E-state index contributed by atoms with van der Waals surface area (Å²) in [7, 11) is 0. The summed E-state index contributed by atoms with van der Waals surface area (Å²) in [5.41, 5.74) is 1.03. The van der Waals surface area contributed by atoms with Crippen LogP contribution in [0.1, 0.15) is 32.6 Å². The molecule has 0 saturated heterocycles. The van der Waals surface area contributed by atoms with Crippen molar-refractivity contribution in [1.82, 2.24) is 0 Å². The first-order valence-electron chi connectivity index (χ1n) is 6.45. The molecule has 2 atom stereocenters. The molecule has 0 radical (unpaired) electrons. The fourth-order valence-corrected chi connectivity index (χ4v) is 3.03. The molecule has 1 fully saturated rings. The van der Waals surface area contributed by atoms with Crippen molar-refractivity contribution >= 4 is 17.4 Å². The van der Waals surface area contributed by atoms with E-state index in [1.807, 2.05) is 12.1 Å². The van der Waals surface area contributed by atoms with Crippen LogP contribution in [-0.4, -0.2) is 11.8 Å². The Hall–Kier alpha value is -0.770. The summed E-state index contributed by atoms with van der Waals surface area (Å²) in [5.74, 6) is -1.56. The highest BCUT2D eigenvalue weighted by atomic mass is 32.2. The second-order valence-electron chi connectivity index (χ2n) is 5.02. The third kappa shape index (κ3) is 4.16. The highest BCUT2D eigenvalue weighted by Crippen LogP contribution is 2.28. The second kappa shape index (κ2) is 6.41. The van der Waals surface area contributed by atoms with Crippen LogP contribution in [0, 0.1) is 5.92 Å². The van der Waals surface area contributed by atoms with Gasteiger partial charge in [-0.1, -0.05) is 31.5 Å². The van der Waals surface area contributed by atoms with E-state index in [1.54, 1.807) is 12.1 Å². The lowest BCUT2D eigenvalue weighted by Gasteiger charge is -2.28. The Bertz CT molecular complexity index is 367. The fourth-order valence-electron chi connectivity index (χ4n) is 2.53. The zero-order chi connectivity index (χ0) is 13.0. The summed E-state index contributed by atoms with van der Waals surface area (Å²) in [6, 6.07) is 7.83. The number of hydrogen-bond acceptors (Lipinski definition) is 2. The molecule has 4 heteroatoms. The Balaban J connectivity index is 1.89. The van der Waals surface area contributed by atoms with Gasteiger partial charge in [0.05, 0.1) is 0 Å². The van der Waals surface area contributed by atoms with Crippen LogP contribution in [0.25, 0.3) is 0 Å². The normalized spacial score (nSPS) is 24.2. The molecule has 1 aliphatic rings. The highest BCUT2D eigenvalue weighted by Gasteiger charge is 2.18. The maximum Gasteiger partial charge on any atom is 0.288 e. The molecule has 0 aliphatic heterocycles. The first-order valence-corrected chi connectivity index (χ1v) is 7.33. The van der Waals surface area contributed by atoms with Crippen LogP contribution in [-0.2, 0) is 0 Å². The Morgan fingerprint density at radius 3 is 2.56 bits per heavy atom. The molecule has 1 N–H and O–H groups in total. The lowest BCUT2D eigenvalue weighted by atomic mass is 9.87. The molecule has 1 nitrogen and oxygen atoms in total. The summed E-state index contributed by atoms with van der Waals surface area (Å²) in [4.78, 5) is 0.618. The van der Waals surface area contributed by atoms with Gasteiger partial charge in [-0.2, -0.15) is 8.78 Å². The molecule has 1 aromatic rings. The van der Waals surface area contributed by atoms with Gasteiger partial charge in [0.15, 0.2) is 0 Å². The number of anilines is 1. The maximum atomic E-state index is 12.2. The smallest absolute Gasteiger partial charge is 0.288 e. The van der Waals surface area contributed by atoms with Crippen molar-refractivity contribution in [3.63, 3.8) is 0 Å². The quantitative estimate of drug-likeness (QED) is 0.774. The van der Waals surface area contributed by atoms with Crippen molar-refractivity contribution in [1.29, 1.82) is 0 Å². The van der Waals surface area contributed by atoms with Gasteiger partial charge >= 0.3 is 0 Å². The summed E-state index contributed by atoms with van der Waals surface area (Å²) >= 11 is 0.592. The van der Waals surface area contributed by atoms with Crippen LogP contribution in [0.3, 0.4) is 0 Å². The Morgan fingerprint density at radius 1 is 1.22 bits per heavy atom. The van der Waals surface area contributed by atoms with Gasteiger partial charge < -0.3 is 5.32 Å². The number of benzene rings is 1. The molecule has 2 rings (SSSR count). The van der Waals surface area contributed by atoms with E-state index in [0.717, 1.165) is 11.6 Å². The van der Waals surface area contributed by atoms with Gasteiger partial charge in [-0.25, -0.2) is 0 Å². The van der Waals surface area contributed by atoms with E-state index in [0.29, 0.717) is 22.7 Å². The van der Waals surface area contributed by atoms with E-state index in [1.165, 1.54) is 25.7 Å². The molecule has 1 aromatic carbocycles. The minimum atomic E-state index is -2.34. The third-order valence-corrected chi connectivity index (χ3v) is 4.11. The van der Waals surface area contributed by atoms with Gasteiger partial charge in [0.1, 0.15) is 0 Å². The molecule has 0 bridgehead atoms. The number of rotatable bonds is 4. The summed E-state index contributed by atoms with van der Waals surface area (Å²) < 4.78 is 24.4. The number of alkyl halides is 2. The molecule has 18 heavy (non-hydrogen) atoms. The van der Waals surface area contributed by atoms with E-state index in [4.69, 9.17) is 0 Å². The monoisotopic (exact) mass is 271 g/mol. The van der Waals surface area contributed by atoms with Crippen LogP contribution in [0.2, 0.25) is 0 Å². The molecule has 0 spiro atoms. The Labute approximate surface area is 111 Å². The van der Waals surface area contributed by atoms with Crippen LogP contribution in [0.15, 0.2) is 29.2 Å². The summed E-state index contributed by atoms with van der Waals surface area (Å²) in [5, 5.41) is 3.50. The first-order chi connectivity index (χ1) is 8.63. The summed E-state index contributed by atoms with van der Waals surface area (Å²) in [6.45, 7) is 2.29. The predicted molar refractivity (Wildman–Crippen MR) is 73.3 cm³/mol. The highest BCUT2D eigenvalue weighted by molar-refractivity contribution is 7.99. The maximum absolute atomic E-state index is 12.2. The lowest BCUT2D eigenvalue weighted by molar-refractivity contribution is 0.252. The van der Waals surface area contributed by atoms with Crippen LogP contribution >= 0.6 is 11.8 Å². The molecular weight excluding hydrogens is 252 g/mol. The van der Waals surface area contributed by atoms with Crippen LogP contribution in [0.5, 0.6) is 0 Å². The Kier molecular flexibility index (Phi) is 4.87. The van der Waals surface area contributed by atoms with E-state index in [9.17, 15) is 8.78 Å². The van der Waals surface area contributed by atoms with Crippen molar-refractivity contribution in [2.24, 2.45) is 5.92 Å². The SMILES string of the molecule is CC1CCCC(Nc2ccc(SC(F)F)cc2)C1. The van der Waals surface area contributed by atoms with Gasteiger partial charge in [-0.15, -0.1) is 0 Å². The molecular formula is C14H19F2NS. The second-order valence-corrected chi connectivity index (χ2v) is 6.08. The molecule has 0 amide bonds. The largest absolute Gasteiger partial charge is 0.382 e. The number of hydrogen-bond donors (Lipinski definition) is 1. The molecule has 0 heterocycles. The average Bonchev–Trinajstić information content (AvgIpc) is 2.31. The molecule has 100 valence electrons. The molecule has 1 saturated carbocycles. The average molecular weight is 271 g/mol. The van der Waals surface area contributed by atoms with E-state index in [-0.39, 0.29) is 0 Å². The van der Waals surface area contributed by atoms with Crippen molar-refractivity contribution in [2.75, 3.05) is 5.32 Å². The zero-order valence-electron chi connectivity index (χ0n) is 10.5. The standard InChI is InChI=1S/C14H19F2NS/c1-10-3-2-4-12(9-10)17-11-5-7-13(8-6-11)18-14(15)16/h5-8,10,12,14,17H,2-4,9H2,1H3. The predicted octanol–water partition coefficient (Wildman–Crippen LogP) is 4.99. The van der Waals surface area contributed by atoms with Crippen LogP contribution < -0.4 is 5.32 Å². The minimum absolute atomic E-state index is 0.530. The first kappa shape index (κ1) is 13.7. The fraction of sp³-hybridized carbons (Fsp3) is 0.571. The zero-order valence-corrected chi connectivity index (χ0v) is 11.4. The van der Waals surface area contributed by atoms with Gasteiger partial charge in [0.25, 0.3) is 5.76 Å². The van der Waals surface area contributed by atoms with E-state index in [2.05, 4.69) is 12.2 Å². The molecule has 0 aromatic heterocycles. The van der Waals surface area contributed by atoms with Crippen molar-refractivity contribution < 1.29 is 8.78 Å². The summed E-state index contributed by atoms with van der Waals surface area (Å²) in [6.07, 6.45) is 5.01. The van der Waals surface area contributed by atoms with Crippen molar-refractivity contribution in [3.05, 3.63) is 24.3 Å². The number of nitrogens with one attached hydrogen (secondary N) is 1. The Morgan fingerprint density at radius 2 is 1.94 bits per heavy atom. The van der Waals surface area contributed by atoms with Crippen molar-refractivity contribution in [2.45, 2.75) is 49.3 Å². The van der Waals surface area contributed by atoms with Gasteiger partial charge in [-0.3, -0.25) is 0 Å². The van der Waals surface area contributed by atoms with E-state index >= 15 is 0 Å². The van der Waals surface area contributed by atoms with Crippen LogP contribution in [0.4, 0.5) is 14.5 Å². The topological polar surface area (TPSA) is 12.0 Å². The third-order valence-electron chi connectivity index (χ3n) is 3.39. The minimum Gasteiger partial charge on any atom is -0.382 e. The number of halogens is 2. The van der Waals surface area contributed by atoms with Gasteiger partial charge in [0, 0.05) is 16.6 Å². The molecule has 2 unspecified atom stereocenters. The van der Waals surface area contributed by atoms with Gasteiger partial charge in [-0.05, 0) is 43.0 Å².